The lowest BCUT2D eigenvalue weighted by atomic mass is 10.3. The Bertz CT molecular complexity index is 76.1. The predicted molar refractivity (Wildman–Crippen MR) is 40.2 cm³/mol. The molecule has 0 aliphatic rings. The van der Waals surface area contributed by atoms with Crippen molar-refractivity contribution in [1.82, 2.24) is 0 Å². The number of halogens is 1. The van der Waals surface area contributed by atoms with Crippen LogP contribution in [-0.4, -0.2) is 0 Å². The standard InChI is InChI=1S/C7H12.ClH/c1-3-5-7-6-4-2;/h3-5H2,1-2H3;1H. The summed E-state index contributed by atoms with van der Waals surface area (Å²) >= 11 is 0. The van der Waals surface area contributed by atoms with Crippen LogP contribution in [0.25, 0.3) is 0 Å². The van der Waals surface area contributed by atoms with E-state index in [-0.39, 0.29) is 12.4 Å². The first kappa shape index (κ1) is 10.8. The van der Waals surface area contributed by atoms with Gasteiger partial charge in [0.2, 0.25) is 0 Å². The minimum Gasteiger partial charge on any atom is -0.147 e. The number of unbranched alkanes of at least 4 members (excludes halogenated alkanes) is 1. The Morgan fingerprint density at radius 2 is 1.75 bits per heavy atom. The normalized spacial score (nSPS) is 6.25. The van der Waals surface area contributed by atoms with E-state index in [1.807, 2.05) is 0 Å². The van der Waals surface area contributed by atoms with Gasteiger partial charge in [0.05, 0.1) is 0 Å². The van der Waals surface area contributed by atoms with Crippen LogP contribution in [0, 0.1) is 11.8 Å². The molecule has 48 valence electrons. The number of hydrogen-bond donors (Lipinski definition) is 0. The lowest BCUT2D eigenvalue weighted by Crippen LogP contribution is -1.59. The van der Waals surface area contributed by atoms with Gasteiger partial charge in [0.1, 0.15) is 0 Å². The second-order valence-electron chi connectivity index (χ2n) is 1.46. The third kappa shape index (κ3) is 9.28. The minimum atomic E-state index is 0. The molecule has 0 unspecified atom stereocenters. The summed E-state index contributed by atoms with van der Waals surface area (Å²) in [6, 6.07) is 0. The Labute approximate surface area is 58.1 Å². The van der Waals surface area contributed by atoms with Crippen molar-refractivity contribution >= 4 is 12.4 Å². The Morgan fingerprint density at radius 1 is 1.12 bits per heavy atom. The second kappa shape index (κ2) is 9.97. The molecule has 0 spiro atoms. The summed E-state index contributed by atoms with van der Waals surface area (Å²) in [7, 11) is 0. The van der Waals surface area contributed by atoms with Crippen molar-refractivity contribution in [2.45, 2.75) is 33.1 Å². The topological polar surface area (TPSA) is 0 Å². The van der Waals surface area contributed by atoms with Gasteiger partial charge in [0, 0.05) is 12.8 Å². The first-order valence-corrected chi connectivity index (χ1v) is 2.87. The zero-order chi connectivity index (χ0) is 5.54. The van der Waals surface area contributed by atoms with Crippen molar-refractivity contribution in [2.75, 3.05) is 0 Å². The van der Waals surface area contributed by atoms with Gasteiger partial charge in [-0.25, -0.2) is 0 Å². The molecule has 0 aromatic carbocycles. The molecule has 0 saturated carbocycles. The number of hydrogen-bond acceptors (Lipinski definition) is 0. The van der Waals surface area contributed by atoms with Crippen LogP contribution in [0.4, 0.5) is 0 Å². The minimum absolute atomic E-state index is 0. The fraction of sp³-hybridized carbons (Fsp3) is 0.714. The molecule has 0 rings (SSSR count). The fourth-order valence-corrected chi connectivity index (χ4v) is 0.338. The molecule has 0 aliphatic heterocycles. The van der Waals surface area contributed by atoms with Crippen molar-refractivity contribution in [3.63, 3.8) is 0 Å². The second-order valence-corrected chi connectivity index (χ2v) is 1.46. The molecule has 0 amide bonds. The fourth-order valence-electron chi connectivity index (χ4n) is 0.338. The van der Waals surface area contributed by atoms with Crippen LogP contribution < -0.4 is 0 Å². The van der Waals surface area contributed by atoms with Gasteiger partial charge in [-0.1, -0.05) is 13.8 Å². The monoisotopic (exact) mass is 132 g/mol. The summed E-state index contributed by atoms with van der Waals surface area (Å²) in [5.74, 6) is 6.03. The van der Waals surface area contributed by atoms with Crippen molar-refractivity contribution in [1.29, 1.82) is 0 Å². The van der Waals surface area contributed by atoms with E-state index in [4.69, 9.17) is 0 Å². The highest BCUT2D eigenvalue weighted by Gasteiger charge is 1.65. The largest absolute Gasteiger partial charge is 0.147 e. The Kier molecular flexibility index (Phi) is 13.4. The molecule has 0 aliphatic carbocycles. The highest BCUT2D eigenvalue weighted by molar-refractivity contribution is 5.85. The van der Waals surface area contributed by atoms with Gasteiger partial charge in [0.25, 0.3) is 0 Å². The molecule has 0 saturated heterocycles. The van der Waals surface area contributed by atoms with Crippen LogP contribution in [0.1, 0.15) is 33.1 Å². The molecular weight excluding hydrogens is 120 g/mol. The van der Waals surface area contributed by atoms with Crippen LogP contribution in [0.5, 0.6) is 0 Å². The number of rotatable bonds is 1. The summed E-state index contributed by atoms with van der Waals surface area (Å²) in [6.45, 7) is 4.22. The zero-order valence-electron chi connectivity index (χ0n) is 5.53. The first-order chi connectivity index (χ1) is 3.41. The molecule has 0 fully saturated rings. The molecule has 1 heteroatoms. The molecule has 0 aromatic rings. The van der Waals surface area contributed by atoms with Crippen molar-refractivity contribution in [3.8, 4) is 11.8 Å². The third-order valence-corrected chi connectivity index (χ3v) is 0.677. The highest BCUT2D eigenvalue weighted by atomic mass is 35.5. The molecule has 0 N–H and O–H groups in total. The summed E-state index contributed by atoms with van der Waals surface area (Å²) in [4.78, 5) is 0. The van der Waals surface area contributed by atoms with Gasteiger partial charge in [-0.05, 0) is 6.42 Å². The van der Waals surface area contributed by atoms with E-state index in [1.54, 1.807) is 0 Å². The summed E-state index contributed by atoms with van der Waals surface area (Å²) in [5.41, 5.74) is 0. The Morgan fingerprint density at radius 3 is 2.12 bits per heavy atom. The van der Waals surface area contributed by atoms with Crippen LogP contribution in [-0.2, 0) is 0 Å². The highest BCUT2D eigenvalue weighted by Crippen LogP contribution is 1.81. The summed E-state index contributed by atoms with van der Waals surface area (Å²) < 4.78 is 0. The van der Waals surface area contributed by atoms with Crippen molar-refractivity contribution in [2.24, 2.45) is 0 Å². The summed E-state index contributed by atoms with van der Waals surface area (Å²) in [6.07, 6.45) is 3.25. The van der Waals surface area contributed by atoms with E-state index >= 15 is 0 Å². The Hall–Kier alpha value is -0.150. The smallest absolute Gasteiger partial charge is 0.00860 e. The maximum absolute atomic E-state index is 3.03. The first-order valence-electron chi connectivity index (χ1n) is 2.87. The SMILES string of the molecule is CCC#CCCC.Cl. The van der Waals surface area contributed by atoms with E-state index in [0.29, 0.717) is 0 Å². The van der Waals surface area contributed by atoms with Crippen molar-refractivity contribution in [3.05, 3.63) is 0 Å². The quantitative estimate of drug-likeness (QED) is 0.482. The van der Waals surface area contributed by atoms with Crippen molar-refractivity contribution < 1.29 is 0 Å². The van der Waals surface area contributed by atoms with E-state index in [1.165, 1.54) is 6.42 Å². The van der Waals surface area contributed by atoms with Gasteiger partial charge in [-0.3, -0.25) is 0 Å². The van der Waals surface area contributed by atoms with Gasteiger partial charge < -0.3 is 0 Å². The summed E-state index contributed by atoms with van der Waals surface area (Å²) in [5, 5.41) is 0. The molecule has 0 atom stereocenters. The molecule has 0 heterocycles. The van der Waals surface area contributed by atoms with Crippen LogP contribution in [0.2, 0.25) is 0 Å². The lowest BCUT2D eigenvalue weighted by molar-refractivity contribution is 0.981. The van der Waals surface area contributed by atoms with Gasteiger partial charge in [-0.15, -0.1) is 24.2 Å². The van der Waals surface area contributed by atoms with E-state index < -0.39 is 0 Å². The van der Waals surface area contributed by atoms with Crippen LogP contribution in [0.3, 0.4) is 0 Å². The van der Waals surface area contributed by atoms with Crippen LogP contribution in [0.15, 0.2) is 0 Å². The maximum Gasteiger partial charge on any atom is 0.00860 e. The van der Waals surface area contributed by atoms with Gasteiger partial charge in [0.15, 0.2) is 0 Å². The van der Waals surface area contributed by atoms with E-state index in [2.05, 4.69) is 25.7 Å². The van der Waals surface area contributed by atoms with E-state index in [0.717, 1.165) is 12.8 Å². The molecule has 0 bridgehead atoms. The molecule has 8 heavy (non-hydrogen) atoms. The molecule has 0 aromatic heterocycles. The van der Waals surface area contributed by atoms with E-state index in [9.17, 15) is 0 Å². The third-order valence-electron chi connectivity index (χ3n) is 0.677. The van der Waals surface area contributed by atoms with Crippen LogP contribution >= 0.6 is 12.4 Å². The lowest BCUT2D eigenvalue weighted by Gasteiger charge is -1.74. The van der Waals surface area contributed by atoms with Gasteiger partial charge >= 0.3 is 0 Å². The Balaban J connectivity index is 0. The zero-order valence-corrected chi connectivity index (χ0v) is 6.35. The maximum atomic E-state index is 3.03. The average molecular weight is 133 g/mol. The molecule has 0 nitrogen and oxygen atoms in total. The predicted octanol–water partition coefficient (Wildman–Crippen LogP) is 2.62. The molecule has 0 radical (unpaired) electrons. The molecular formula is C7H13Cl. The van der Waals surface area contributed by atoms with Gasteiger partial charge in [-0.2, -0.15) is 0 Å². The average Bonchev–Trinajstić information content (AvgIpc) is 1.69.